The van der Waals surface area contributed by atoms with Gasteiger partial charge in [0.15, 0.2) is 11.4 Å². The molecule has 3 aromatic rings. The number of aromatic nitrogens is 1. The van der Waals surface area contributed by atoms with Crippen molar-refractivity contribution in [3.8, 4) is 5.75 Å². The van der Waals surface area contributed by atoms with Crippen molar-refractivity contribution in [2.24, 2.45) is 11.3 Å². The Balaban J connectivity index is 1.24. The molecule has 1 spiro atoms. The van der Waals surface area contributed by atoms with Crippen LogP contribution in [0, 0.1) is 11.3 Å². The number of aliphatic hydroxyl groups is 3. The van der Waals surface area contributed by atoms with E-state index in [2.05, 4.69) is 82.5 Å². The number of rotatable bonds is 10. The van der Waals surface area contributed by atoms with Gasteiger partial charge in [-0.25, -0.2) is 4.79 Å². The number of carbonyl (C=O) groups excluding carboxylic acids is 2. The molecule has 60 heavy (non-hydrogen) atoms. The van der Waals surface area contributed by atoms with Crippen LogP contribution in [0.2, 0.25) is 0 Å². The summed E-state index contributed by atoms with van der Waals surface area (Å²) in [6.45, 7) is 10.0. The number of methoxy groups -OCH3 is 1. The fourth-order valence-corrected chi connectivity index (χ4v) is 13.8. The van der Waals surface area contributed by atoms with E-state index in [0.29, 0.717) is 50.3 Å². The molecular formula is C47H63N5O7S. The Morgan fingerprint density at radius 1 is 1.07 bits per heavy atom. The number of carbonyl (C=O) groups is 2. The highest BCUT2D eigenvalue weighted by Gasteiger charge is 2.78. The van der Waals surface area contributed by atoms with Crippen molar-refractivity contribution in [3.63, 3.8) is 0 Å². The number of hydrogen-bond donors (Lipinski definition) is 5. The van der Waals surface area contributed by atoms with Crippen molar-refractivity contribution in [2.75, 3.05) is 76.9 Å². The maximum absolute atomic E-state index is 14.8. The highest BCUT2D eigenvalue weighted by molar-refractivity contribution is 7.98. The number of anilines is 1. The van der Waals surface area contributed by atoms with Crippen LogP contribution in [-0.2, 0) is 26.8 Å². The van der Waals surface area contributed by atoms with Crippen LogP contribution in [-0.4, -0.2) is 143 Å². The summed E-state index contributed by atoms with van der Waals surface area (Å²) in [6.07, 6.45) is 8.03. The second-order valence-electron chi connectivity index (χ2n) is 19.0. The minimum absolute atomic E-state index is 0.195. The number of Topliss-reactive ketones (excluding diaryl/α,β-unsaturated/α-hetero) is 1. The molecule has 2 saturated heterocycles. The fourth-order valence-electron chi connectivity index (χ4n) is 13.5. The van der Waals surface area contributed by atoms with Crippen LogP contribution in [0.25, 0.3) is 10.9 Å². The van der Waals surface area contributed by atoms with E-state index in [9.17, 15) is 24.9 Å². The number of amides is 1. The first-order chi connectivity index (χ1) is 28.7. The second kappa shape index (κ2) is 15.0. The highest BCUT2D eigenvalue weighted by atomic mass is 32.2. The molecule has 6 aliphatic rings. The van der Waals surface area contributed by atoms with Crippen molar-refractivity contribution in [1.29, 1.82) is 0 Å². The molecule has 1 aromatic heterocycles. The SMILES string of the molecule is CCC1(O)CC2CN(CCc3c([nH]c4ccccc34)[C@@](C)(c3cc4c(cc3OC)N(C)[C@H]3[C@@](O)(C(=O)CNC(=O)OCCSC)[C@H](O)[C@]5(CC)C=CCN6CC[C@]43[C@@H]65)C2)C1. The Labute approximate surface area is 358 Å². The number of ether oxygens (including phenoxy) is 2. The van der Waals surface area contributed by atoms with Gasteiger partial charge in [0, 0.05) is 95.2 Å². The van der Waals surface area contributed by atoms with Gasteiger partial charge in [-0.05, 0) is 87.4 Å². The highest BCUT2D eigenvalue weighted by Crippen LogP contribution is 2.67. The number of aliphatic hydroxyl groups excluding tert-OH is 1. The fraction of sp³-hybridized carbons (Fsp3) is 0.617. The number of thioether (sulfide) groups is 1. The van der Waals surface area contributed by atoms with Crippen LogP contribution in [0.3, 0.4) is 0 Å². The van der Waals surface area contributed by atoms with Gasteiger partial charge in [0.2, 0.25) is 0 Å². The summed E-state index contributed by atoms with van der Waals surface area (Å²) >= 11 is 1.55. The summed E-state index contributed by atoms with van der Waals surface area (Å²) in [5, 5.41) is 41.8. The number of aromatic amines is 1. The maximum atomic E-state index is 14.8. The third-order valence-corrected chi connectivity index (χ3v) is 16.6. The first-order valence-corrected chi connectivity index (χ1v) is 23.4. The Hall–Kier alpha value is -3.59. The number of fused-ring (bicyclic) bond motifs is 6. The zero-order chi connectivity index (χ0) is 42.4. The van der Waals surface area contributed by atoms with E-state index in [1.165, 1.54) is 10.9 Å². The van der Waals surface area contributed by atoms with Crippen molar-refractivity contribution in [1.82, 2.24) is 20.1 Å². The van der Waals surface area contributed by atoms with Crippen molar-refractivity contribution in [2.45, 2.75) is 99.5 Å². The van der Waals surface area contributed by atoms with Gasteiger partial charge in [-0.1, -0.05) is 44.2 Å². The summed E-state index contributed by atoms with van der Waals surface area (Å²) in [5.74, 6) is 0.884. The number of ketones is 1. The summed E-state index contributed by atoms with van der Waals surface area (Å²) in [5.41, 5.74) is 1.10. The molecule has 2 aromatic carbocycles. The standard InChI is InChI=1S/C47H63N5O7S/c1-7-44(56)25-29-24-43(3,38-31(14-18-51(27-29)28-44)30-12-9-10-13-34(30)49-38)33-22-32-35(23-36(33)58-5)50(4)40-46(32)16-19-52-17-11-15-45(8-2,39(46)52)41(54)47(40,57)37(53)26-48-42(55)59-20-21-60-6/h9-13,15,22-23,29,39-41,49,54,56-57H,7-8,14,16-21,24-28H2,1-6H3,(H,48,55)/t29?,39-,40+,41+,43+,44?,45+,46+,47-/m0/s1. The first-order valence-electron chi connectivity index (χ1n) is 22.0. The lowest BCUT2D eigenvalue weighted by atomic mass is 9.47. The van der Waals surface area contributed by atoms with Crippen molar-refractivity contribution in [3.05, 3.63) is 70.9 Å². The topological polar surface area (TPSA) is 151 Å². The molecule has 0 radical (unpaired) electrons. The lowest BCUT2D eigenvalue weighted by Gasteiger charge is -2.63. The average molecular weight is 842 g/mol. The van der Waals surface area contributed by atoms with E-state index in [0.717, 1.165) is 60.5 Å². The number of piperidine rings is 1. The third kappa shape index (κ3) is 5.88. The summed E-state index contributed by atoms with van der Waals surface area (Å²) < 4.78 is 11.7. The molecule has 3 unspecified atom stereocenters. The zero-order valence-corrected chi connectivity index (χ0v) is 36.9. The molecule has 5 N–H and O–H groups in total. The number of nitrogens with zero attached hydrogens (tertiary/aromatic N) is 3. The molecule has 6 heterocycles. The molecule has 12 nitrogen and oxygen atoms in total. The second-order valence-corrected chi connectivity index (χ2v) is 20.0. The number of H-pyrrole nitrogens is 1. The first kappa shape index (κ1) is 41.7. The number of hydrogen-bond acceptors (Lipinski definition) is 11. The predicted molar refractivity (Wildman–Crippen MR) is 235 cm³/mol. The lowest BCUT2D eigenvalue weighted by molar-refractivity contribution is -0.201. The summed E-state index contributed by atoms with van der Waals surface area (Å²) in [6, 6.07) is 11.9. The van der Waals surface area contributed by atoms with Crippen LogP contribution in [0.4, 0.5) is 10.5 Å². The van der Waals surface area contributed by atoms with E-state index in [1.54, 1.807) is 18.9 Å². The van der Waals surface area contributed by atoms with Gasteiger partial charge < -0.3 is 40.0 Å². The van der Waals surface area contributed by atoms with E-state index < -0.39 is 58.0 Å². The minimum atomic E-state index is -2.26. The molecule has 10 atom stereocenters. The van der Waals surface area contributed by atoms with Crippen LogP contribution in [0.5, 0.6) is 5.75 Å². The lowest BCUT2D eigenvalue weighted by Crippen LogP contribution is -2.81. The third-order valence-electron chi connectivity index (χ3n) is 16.0. The molecule has 1 saturated carbocycles. The maximum Gasteiger partial charge on any atom is 0.407 e. The molecule has 324 valence electrons. The van der Waals surface area contributed by atoms with Gasteiger partial charge in [-0.2, -0.15) is 11.8 Å². The summed E-state index contributed by atoms with van der Waals surface area (Å²) in [4.78, 5) is 38.4. The average Bonchev–Trinajstić information content (AvgIpc) is 3.91. The van der Waals surface area contributed by atoms with Gasteiger partial charge in [0.05, 0.1) is 25.3 Å². The normalized spacial score (nSPS) is 36.7. The Kier molecular flexibility index (Phi) is 10.5. The zero-order valence-electron chi connectivity index (χ0n) is 36.1. The van der Waals surface area contributed by atoms with E-state index in [-0.39, 0.29) is 18.6 Å². The van der Waals surface area contributed by atoms with Gasteiger partial charge in [0.1, 0.15) is 18.5 Å². The Morgan fingerprint density at radius 2 is 1.87 bits per heavy atom. The van der Waals surface area contributed by atoms with Gasteiger partial charge >= 0.3 is 6.09 Å². The molecule has 9 rings (SSSR count). The van der Waals surface area contributed by atoms with E-state index in [1.807, 2.05) is 25.1 Å². The predicted octanol–water partition coefficient (Wildman–Crippen LogP) is 4.75. The molecular weight excluding hydrogens is 779 g/mol. The molecule has 13 heteroatoms. The van der Waals surface area contributed by atoms with Crippen LogP contribution in [0.1, 0.15) is 75.3 Å². The van der Waals surface area contributed by atoms with Crippen LogP contribution < -0.4 is 15.0 Å². The quantitative estimate of drug-likeness (QED) is 0.142. The van der Waals surface area contributed by atoms with Crippen LogP contribution >= 0.6 is 11.8 Å². The molecule has 3 fully saturated rings. The minimum Gasteiger partial charge on any atom is -0.496 e. The number of nitrogens with one attached hydrogen (secondary N) is 2. The molecule has 1 amide bonds. The molecule has 5 aliphatic heterocycles. The number of alkyl carbamates (subject to hydrolysis) is 1. The monoisotopic (exact) mass is 841 g/mol. The number of likely N-dealkylation sites (N-methyl/N-ethyl adjacent to an activating group) is 1. The number of para-hydroxylation sites is 1. The number of benzene rings is 2. The van der Waals surface area contributed by atoms with Crippen molar-refractivity contribution >= 4 is 40.2 Å². The molecule has 1 aliphatic carbocycles. The van der Waals surface area contributed by atoms with Gasteiger partial charge in [0.25, 0.3) is 0 Å². The smallest absolute Gasteiger partial charge is 0.407 e. The van der Waals surface area contributed by atoms with Crippen molar-refractivity contribution < 1.29 is 34.4 Å². The summed E-state index contributed by atoms with van der Waals surface area (Å²) in [7, 11) is 3.64. The van der Waals surface area contributed by atoms with E-state index in [4.69, 9.17) is 9.47 Å². The van der Waals surface area contributed by atoms with Gasteiger partial charge in [-0.3, -0.25) is 14.6 Å². The molecule has 2 bridgehead atoms. The van der Waals surface area contributed by atoms with Gasteiger partial charge in [-0.15, -0.1) is 0 Å². The Bertz CT molecular complexity index is 2210. The largest absolute Gasteiger partial charge is 0.496 e. The Morgan fingerprint density at radius 3 is 2.62 bits per heavy atom. The van der Waals surface area contributed by atoms with Crippen LogP contribution in [0.15, 0.2) is 48.6 Å². The van der Waals surface area contributed by atoms with E-state index >= 15 is 0 Å².